The topological polar surface area (TPSA) is 76.4 Å². The van der Waals surface area contributed by atoms with E-state index in [2.05, 4.69) is 10.4 Å². The van der Waals surface area contributed by atoms with Crippen molar-refractivity contribution in [2.75, 3.05) is 11.9 Å². The van der Waals surface area contributed by atoms with Crippen molar-refractivity contribution in [2.45, 2.75) is 13.3 Å². The highest BCUT2D eigenvalue weighted by Gasteiger charge is 2.25. The second-order valence-corrected chi connectivity index (χ2v) is 6.81. The molecule has 4 rings (SSSR count). The standard InChI is InChI=1S/C19H17BClN3O3/c1-12-6-8-24(23-12)15-4-5-16(18(21)11-15)19(25)22-14-3-2-13-7-9-27-20(26)17(13)10-14/h2-6,8,10-11,26H,7,9H2,1H3,(H,22,25). The van der Waals surface area contributed by atoms with Gasteiger partial charge in [-0.1, -0.05) is 17.7 Å². The summed E-state index contributed by atoms with van der Waals surface area (Å²) >= 11 is 6.32. The fourth-order valence-electron chi connectivity index (χ4n) is 3.09. The summed E-state index contributed by atoms with van der Waals surface area (Å²) in [6.07, 6.45) is 2.57. The Morgan fingerprint density at radius 3 is 2.89 bits per heavy atom. The summed E-state index contributed by atoms with van der Waals surface area (Å²) in [6.45, 7) is 2.39. The van der Waals surface area contributed by atoms with Crippen LogP contribution in [0.1, 0.15) is 21.6 Å². The average molecular weight is 382 g/mol. The van der Waals surface area contributed by atoms with Crippen molar-refractivity contribution in [3.8, 4) is 5.69 Å². The summed E-state index contributed by atoms with van der Waals surface area (Å²) in [6, 6.07) is 12.5. The van der Waals surface area contributed by atoms with E-state index in [0.29, 0.717) is 28.3 Å². The molecule has 1 amide bonds. The lowest BCUT2D eigenvalue weighted by Gasteiger charge is -2.20. The smallest absolute Gasteiger partial charge is 0.423 e. The fraction of sp³-hybridized carbons (Fsp3) is 0.158. The van der Waals surface area contributed by atoms with Gasteiger partial charge in [0.1, 0.15) is 0 Å². The molecule has 0 spiro atoms. The Hall–Kier alpha value is -2.61. The first-order valence-corrected chi connectivity index (χ1v) is 8.95. The van der Waals surface area contributed by atoms with Crippen molar-refractivity contribution in [2.24, 2.45) is 0 Å². The number of carbonyl (C=O) groups is 1. The Morgan fingerprint density at radius 1 is 1.30 bits per heavy atom. The second-order valence-electron chi connectivity index (χ2n) is 6.41. The van der Waals surface area contributed by atoms with Crippen LogP contribution in [-0.4, -0.2) is 34.4 Å². The summed E-state index contributed by atoms with van der Waals surface area (Å²) in [5, 5.41) is 17.4. The zero-order chi connectivity index (χ0) is 19.0. The van der Waals surface area contributed by atoms with Crippen LogP contribution in [0.25, 0.3) is 5.69 Å². The van der Waals surface area contributed by atoms with Gasteiger partial charge >= 0.3 is 7.12 Å². The van der Waals surface area contributed by atoms with Gasteiger partial charge in [-0.3, -0.25) is 4.79 Å². The number of rotatable bonds is 3. The zero-order valence-corrected chi connectivity index (χ0v) is 15.4. The number of nitrogens with zero attached hydrogens (tertiary/aromatic N) is 2. The maximum atomic E-state index is 12.6. The molecule has 0 bridgehead atoms. The molecule has 136 valence electrons. The Kier molecular flexibility index (Phi) is 4.74. The molecule has 0 saturated heterocycles. The van der Waals surface area contributed by atoms with Crippen LogP contribution in [0, 0.1) is 6.92 Å². The minimum atomic E-state index is -0.967. The SMILES string of the molecule is Cc1ccn(-c2ccc(C(=O)Nc3ccc4c(c3)B(O)OCC4)c(Cl)c2)n1. The van der Waals surface area contributed by atoms with Crippen LogP contribution in [0.4, 0.5) is 5.69 Å². The summed E-state index contributed by atoms with van der Waals surface area (Å²) < 4.78 is 6.94. The number of benzene rings is 2. The first kappa shape index (κ1) is 17.8. The van der Waals surface area contributed by atoms with Gasteiger partial charge in [-0.05, 0) is 60.8 Å². The van der Waals surface area contributed by atoms with Gasteiger partial charge in [0, 0.05) is 18.5 Å². The average Bonchev–Trinajstić information content (AvgIpc) is 3.08. The van der Waals surface area contributed by atoms with Crippen molar-refractivity contribution in [3.63, 3.8) is 0 Å². The van der Waals surface area contributed by atoms with Gasteiger partial charge in [-0.15, -0.1) is 0 Å². The first-order valence-electron chi connectivity index (χ1n) is 8.57. The fourth-order valence-corrected chi connectivity index (χ4v) is 3.35. The van der Waals surface area contributed by atoms with Gasteiger partial charge < -0.3 is 15.0 Å². The highest BCUT2D eigenvalue weighted by atomic mass is 35.5. The highest BCUT2D eigenvalue weighted by molar-refractivity contribution is 6.61. The molecule has 2 N–H and O–H groups in total. The van der Waals surface area contributed by atoms with Crippen molar-refractivity contribution in [1.29, 1.82) is 0 Å². The normalized spacial score (nSPS) is 13.4. The summed E-state index contributed by atoms with van der Waals surface area (Å²) in [5.74, 6) is -0.325. The largest absolute Gasteiger partial charge is 0.491 e. The summed E-state index contributed by atoms with van der Waals surface area (Å²) in [7, 11) is -0.967. The lowest BCUT2D eigenvalue weighted by molar-refractivity contribution is 0.102. The predicted molar refractivity (Wildman–Crippen MR) is 105 cm³/mol. The summed E-state index contributed by atoms with van der Waals surface area (Å²) in [5.41, 5.74) is 4.30. The first-order chi connectivity index (χ1) is 13.0. The van der Waals surface area contributed by atoms with E-state index < -0.39 is 7.12 Å². The molecule has 8 heteroatoms. The number of halogens is 1. The van der Waals surface area contributed by atoms with E-state index >= 15 is 0 Å². The van der Waals surface area contributed by atoms with E-state index in [1.165, 1.54) is 0 Å². The van der Waals surface area contributed by atoms with E-state index in [1.807, 2.05) is 31.3 Å². The maximum Gasteiger partial charge on any atom is 0.491 e. The molecule has 0 saturated carbocycles. The molecule has 0 aliphatic carbocycles. The second kappa shape index (κ2) is 7.19. The molecule has 0 atom stereocenters. The zero-order valence-electron chi connectivity index (χ0n) is 14.6. The van der Waals surface area contributed by atoms with Gasteiger partial charge in [0.05, 0.1) is 22.0 Å². The predicted octanol–water partition coefficient (Wildman–Crippen LogP) is 2.35. The highest BCUT2D eigenvalue weighted by Crippen LogP contribution is 2.22. The number of aryl methyl sites for hydroxylation is 1. The van der Waals surface area contributed by atoms with Crippen molar-refractivity contribution in [3.05, 3.63) is 70.5 Å². The van der Waals surface area contributed by atoms with Gasteiger partial charge in [0.15, 0.2) is 0 Å². The third-order valence-electron chi connectivity index (χ3n) is 4.50. The molecule has 27 heavy (non-hydrogen) atoms. The number of hydrogen-bond donors (Lipinski definition) is 2. The van der Waals surface area contributed by atoms with Gasteiger partial charge in [-0.25, -0.2) is 4.68 Å². The Morgan fingerprint density at radius 2 is 2.15 bits per heavy atom. The molecular weight excluding hydrogens is 364 g/mol. The molecule has 0 fully saturated rings. The van der Waals surface area contributed by atoms with E-state index in [9.17, 15) is 9.82 Å². The Labute approximate surface area is 161 Å². The minimum absolute atomic E-state index is 0.325. The van der Waals surface area contributed by atoms with Crippen molar-refractivity contribution < 1.29 is 14.5 Å². The van der Waals surface area contributed by atoms with Crippen LogP contribution < -0.4 is 10.8 Å². The minimum Gasteiger partial charge on any atom is -0.423 e. The lowest BCUT2D eigenvalue weighted by Crippen LogP contribution is -2.41. The monoisotopic (exact) mass is 381 g/mol. The molecule has 1 aliphatic heterocycles. The maximum absolute atomic E-state index is 12.6. The van der Waals surface area contributed by atoms with Crippen LogP contribution in [0.15, 0.2) is 48.7 Å². The molecule has 2 heterocycles. The Balaban J connectivity index is 1.56. The summed E-state index contributed by atoms with van der Waals surface area (Å²) in [4.78, 5) is 12.6. The Bertz CT molecular complexity index is 1020. The van der Waals surface area contributed by atoms with Gasteiger partial charge in [0.25, 0.3) is 5.91 Å². The molecule has 0 unspecified atom stereocenters. The van der Waals surface area contributed by atoms with Crippen LogP contribution in [0.3, 0.4) is 0 Å². The van der Waals surface area contributed by atoms with E-state index in [0.717, 1.165) is 23.4 Å². The molecule has 1 aromatic heterocycles. The van der Waals surface area contributed by atoms with Crippen LogP contribution in [0.5, 0.6) is 0 Å². The quantitative estimate of drug-likeness (QED) is 0.683. The lowest BCUT2D eigenvalue weighted by atomic mass is 9.73. The molecule has 0 radical (unpaired) electrons. The van der Waals surface area contributed by atoms with Crippen LogP contribution >= 0.6 is 11.6 Å². The van der Waals surface area contributed by atoms with Crippen LogP contribution in [0.2, 0.25) is 5.02 Å². The molecule has 3 aromatic rings. The van der Waals surface area contributed by atoms with Gasteiger partial charge in [0.2, 0.25) is 0 Å². The number of anilines is 1. The van der Waals surface area contributed by atoms with Crippen molar-refractivity contribution >= 4 is 35.8 Å². The number of carbonyl (C=O) groups excluding carboxylic acids is 1. The third-order valence-corrected chi connectivity index (χ3v) is 4.81. The number of fused-ring (bicyclic) bond motifs is 1. The number of hydrogen-bond acceptors (Lipinski definition) is 4. The number of nitrogens with one attached hydrogen (secondary N) is 1. The molecular formula is C19H17BClN3O3. The molecule has 1 aliphatic rings. The number of amides is 1. The van der Waals surface area contributed by atoms with Gasteiger partial charge in [-0.2, -0.15) is 5.10 Å². The molecule has 2 aromatic carbocycles. The van der Waals surface area contributed by atoms with E-state index in [-0.39, 0.29) is 5.91 Å². The molecule has 6 nitrogen and oxygen atoms in total. The number of aromatic nitrogens is 2. The third kappa shape index (κ3) is 3.62. The van der Waals surface area contributed by atoms with Crippen LogP contribution in [-0.2, 0) is 11.1 Å². The van der Waals surface area contributed by atoms with Crippen molar-refractivity contribution in [1.82, 2.24) is 9.78 Å². The van der Waals surface area contributed by atoms with E-state index in [1.54, 1.807) is 28.9 Å². The van der Waals surface area contributed by atoms with E-state index in [4.69, 9.17) is 16.3 Å².